The van der Waals surface area contributed by atoms with E-state index < -0.39 is 11.9 Å². The Morgan fingerprint density at radius 3 is 2.23 bits per heavy atom. The maximum absolute atomic E-state index is 9.10. The summed E-state index contributed by atoms with van der Waals surface area (Å²) >= 11 is 0. The first-order chi connectivity index (χ1) is 14.6. The van der Waals surface area contributed by atoms with Gasteiger partial charge in [0, 0.05) is 12.1 Å². The van der Waals surface area contributed by atoms with Crippen LogP contribution in [0, 0.1) is 0 Å². The fraction of sp³-hybridized carbons (Fsp3) is 0.435. The lowest BCUT2D eigenvalue weighted by Crippen LogP contribution is -2.24. The highest BCUT2D eigenvalue weighted by Crippen LogP contribution is 2.32. The van der Waals surface area contributed by atoms with E-state index in [0.717, 1.165) is 13.0 Å². The van der Waals surface area contributed by atoms with Crippen LogP contribution >= 0.6 is 0 Å². The smallest absolute Gasteiger partial charge is 0.414 e. The number of carbonyl (C=O) groups is 2. The minimum atomic E-state index is -1.82. The van der Waals surface area contributed by atoms with Gasteiger partial charge in [-0.2, -0.15) is 5.10 Å². The van der Waals surface area contributed by atoms with Gasteiger partial charge < -0.3 is 10.2 Å². The van der Waals surface area contributed by atoms with Gasteiger partial charge in [-0.1, -0.05) is 37.1 Å². The number of carboxylic acid groups (broad SMARTS) is 2. The summed E-state index contributed by atoms with van der Waals surface area (Å²) in [5.41, 5.74) is 5.43. The van der Waals surface area contributed by atoms with Crippen molar-refractivity contribution in [1.29, 1.82) is 0 Å². The Labute approximate surface area is 176 Å². The lowest BCUT2D eigenvalue weighted by Gasteiger charge is -2.21. The first-order valence-electron chi connectivity index (χ1n) is 10.6. The highest BCUT2D eigenvalue weighted by molar-refractivity contribution is 6.27. The van der Waals surface area contributed by atoms with Crippen LogP contribution in [0.2, 0.25) is 0 Å². The number of fused-ring (bicyclic) bond motifs is 1. The number of nitrogens with zero attached hydrogens (tertiary/aromatic N) is 3. The summed E-state index contributed by atoms with van der Waals surface area (Å²) in [5, 5.41) is 19.5. The molecule has 4 rings (SSSR count). The molecule has 0 radical (unpaired) electrons. The molecule has 1 aliphatic carbocycles. The first-order valence-corrected chi connectivity index (χ1v) is 10.6. The molecule has 7 heteroatoms. The molecule has 0 spiro atoms. The topological polar surface area (TPSA) is 95.7 Å². The van der Waals surface area contributed by atoms with Crippen LogP contribution in [0.4, 0.5) is 0 Å². The van der Waals surface area contributed by atoms with Gasteiger partial charge in [-0.15, -0.1) is 0 Å². The van der Waals surface area contributed by atoms with E-state index in [1.165, 1.54) is 74.1 Å². The number of hydrogen-bond acceptors (Lipinski definition) is 4. The second-order valence-electron chi connectivity index (χ2n) is 7.66. The van der Waals surface area contributed by atoms with Gasteiger partial charge in [0.1, 0.15) is 0 Å². The Hall–Kier alpha value is -2.93. The number of aromatic nitrogens is 2. The molecule has 1 aromatic carbocycles. The van der Waals surface area contributed by atoms with Gasteiger partial charge in [-0.3, -0.25) is 4.90 Å². The van der Waals surface area contributed by atoms with Crippen molar-refractivity contribution in [1.82, 2.24) is 14.7 Å². The molecule has 1 aliphatic heterocycles. The molecule has 2 heterocycles. The minimum absolute atomic E-state index is 1.10. The molecule has 0 bridgehead atoms. The van der Waals surface area contributed by atoms with Crippen molar-refractivity contribution in [3.63, 3.8) is 0 Å². The second-order valence-corrected chi connectivity index (χ2v) is 7.66. The Balaban J connectivity index is 0.000000377. The summed E-state index contributed by atoms with van der Waals surface area (Å²) < 4.78 is 2.13. The summed E-state index contributed by atoms with van der Waals surface area (Å²) in [5.74, 6) is -3.65. The van der Waals surface area contributed by atoms with Gasteiger partial charge >= 0.3 is 11.9 Å². The number of benzene rings is 1. The van der Waals surface area contributed by atoms with E-state index in [2.05, 4.69) is 52.2 Å². The number of aliphatic carboxylic acids is 2. The SMILES string of the molecule is C(/CN1CCCCCC1)=C1/CCCc2c1cnn2-c1ccccc1.O=C(O)C(=O)O. The zero-order valence-electron chi connectivity index (χ0n) is 17.2. The maximum Gasteiger partial charge on any atom is 0.414 e. The summed E-state index contributed by atoms with van der Waals surface area (Å²) in [6.45, 7) is 3.63. The number of carboxylic acids is 2. The van der Waals surface area contributed by atoms with Crippen molar-refractivity contribution in [3.05, 3.63) is 53.9 Å². The number of allylic oxidation sites excluding steroid dienone is 1. The summed E-state index contributed by atoms with van der Waals surface area (Å²) in [7, 11) is 0. The average Bonchev–Trinajstić information content (AvgIpc) is 3.02. The van der Waals surface area contributed by atoms with Crippen LogP contribution in [0.3, 0.4) is 0 Å². The molecule has 1 saturated heterocycles. The van der Waals surface area contributed by atoms with E-state index >= 15 is 0 Å². The Bertz CT molecular complexity index is 869. The highest BCUT2D eigenvalue weighted by atomic mass is 16.4. The quantitative estimate of drug-likeness (QED) is 0.749. The Kier molecular flexibility index (Phi) is 7.79. The normalized spacial score (nSPS) is 18.1. The summed E-state index contributed by atoms with van der Waals surface area (Å²) in [6.07, 6.45) is 13.6. The zero-order valence-corrected chi connectivity index (χ0v) is 17.2. The lowest BCUT2D eigenvalue weighted by atomic mass is 9.92. The van der Waals surface area contributed by atoms with Crippen molar-refractivity contribution in [2.24, 2.45) is 0 Å². The van der Waals surface area contributed by atoms with Crippen molar-refractivity contribution >= 4 is 17.5 Å². The van der Waals surface area contributed by atoms with Crippen LogP contribution in [-0.4, -0.2) is 56.5 Å². The molecule has 1 fully saturated rings. The van der Waals surface area contributed by atoms with Gasteiger partial charge in [0.15, 0.2) is 0 Å². The van der Waals surface area contributed by atoms with E-state index in [0.29, 0.717) is 0 Å². The van der Waals surface area contributed by atoms with Crippen LogP contribution < -0.4 is 0 Å². The van der Waals surface area contributed by atoms with E-state index in [-0.39, 0.29) is 0 Å². The molecular weight excluding hydrogens is 382 g/mol. The molecule has 0 saturated carbocycles. The predicted molar refractivity (Wildman–Crippen MR) is 115 cm³/mol. The fourth-order valence-electron chi connectivity index (χ4n) is 4.03. The van der Waals surface area contributed by atoms with Crippen molar-refractivity contribution in [2.75, 3.05) is 19.6 Å². The Morgan fingerprint density at radius 2 is 1.60 bits per heavy atom. The van der Waals surface area contributed by atoms with Crippen LogP contribution in [0.5, 0.6) is 0 Å². The summed E-state index contributed by atoms with van der Waals surface area (Å²) in [4.78, 5) is 20.8. The summed E-state index contributed by atoms with van der Waals surface area (Å²) in [6, 6.07) is 10.5. The predicted octanol–water partition coefficient (Wildman–Crippen LogP) is 3.62. The van der Waals surface area contributed by atoms with Gasteiger partial charge in [0.25, 0.3) is 0 Å². The molecule has 0 atom stereocenters. The average molecular weight is 412 g/mol. The van der Waals surface area contributed by atoms with E-state index in [9.17, 15) is 0 Å². The highest BCUT2D eigenvalue weighted by Gasteiger charge is 2.20. The van der Waals surface area contributed by atoms with Crippen LogP contribution in [0.1, 0.15) is 49.8 Å². The molecule has 30 heavy (non-hydrogen) atoms. The van der Waals surface area contributed by atoms with E-state index in [1.54, 1.807) is 0 Å². The molecule has 2 N–H and O–H groups in total. The fourth-order valence-corrected chi connectivity index (χ4v) is 4.03. The third-order valence-electron chi connectivity index (χ3n) is 5.55. The largest absolute Gasteiger partial charge is 0.473 e. The van der Waals surface area contributed by atoms with E-state index in [1.807, 2.05) is 0 Å². The molecule has 160 valence electrons. The third kappa shape index (κ3) is 5.79. The van der Waals surface area contributed by atoms with Crippen LogP contribution in [-0.2, 0) is 16.0 Å². The third-order valence-corrected chi connectivity index (χ3v) is 5.55. The molecule has 2 aliphatic rings. The molecule has 1 aromatic heterocycles. The van der Waals surface area contributed by atoms with Gasteiger partial charge in [0.05, 0.1) is 17.6 Å². The van der Waals surface area contributed by atoms with Crippen molar-refractivity contribution in [2.45, 2.75) is 44.9 Å². The number of likely N-dealkylation sites (tertiary alicyclic amines) is 1. The number of hydrogen-bond donors (Lipinski definition) is 2. The van der Waals surface area contributed by atoms with Gasteiger partial charge in [-0.05, 0) is 62.9 Å². The molecule has 2 aromatic rings. The molecular formula is C23H29N3O4. The van der Waals surface area contributed by atoms with Crippen molar-refractivity contribution < 1.29 is 19.8 Å². The maximum atomic E-state index is 9.10. The minimum Gasteiger partial charge on any atom is -0.473 e. The lowest BCUT2D eigenvalue weighted by molar-refractivity contribution is -0.159. The van der Waals surface area contributed by atoms with Crippen LogP contribution in [0.15, 0.2) is 42.6 Å². The first kappa shape index (κ1) is 21.8. The number of para-hydroxylation sites is 1. The van der Waals surface area contributed by atoms with Gasteiger partial charge in [0.2, 0.25) is 0 Å². The molecule has 0 amide bonds. The van der Waals surface area contributed by atoms with Gasteiger partial charge in [-0.25, -0.2) is 14.3 Å². The van der Waals surface area contributed by atoms with E-state index in [4.69, 9.17) is 24.9 Å². The van der Waals surface area contributed by atoms with Crippen molar-refractivity contribution in [3.8, 4) is 5.69 Å². The second kappa shape index (κ2) is 10.7. The monoisotopic (exact) mass is 411 g/mol. The zero-order chi connectivity index (χ0) is 21.3. The molecule has 7 nitrogen and oxygen atoms in total. The molecule has 0 unspecified atom stereocenters. The number of rotatable bonds is 3. The standard InChI is InChI=1S/C21H27N3.C2H2O4/c1-2-7-15-23(14-6-1)16-13-18-9-8-12-21-20(18)17-22-24(21)19-10-4-3-5-11-19;3-1(4)2(5)6/h3-5,10-11,13,17H,1-2,6-9,12,14-16H2;(H,3,4)(H,5,6)/b18-13+;. The Morgan fingerprint density at radius 1 is 0.933 bits per heavy atom. The van der Waals surface area contributed by atoms with Crippen LogP contribution in [0.25, 0.3) is 11.3 Å².